The second-order valence-corrected chi connectivity index (χ2v) is 7.68. The van der Waals surface area contributed by atoms with Gasteiger partial charge in [-0.15, -0.1) is 11.6 Å². The van der Waals surface area contributed by atoms with E-state index in [1.54, 1.807) is 0 Å². The lowest BCUT2D eigenvalue weighted by Gasteiger charge is -2.18. The molecule has 0 fully saturated rings. The SMILES string of the molecule is CCC(C)C(C)c1ccccc1.CCc1ccc(C(C)CC)cc1CCl. The second kappa shape index (κ2) is 12.2. The van der Waals surface area contributed by atoms with E-state index in [9.17, 15) is 0 Å². The van der Waals surface area contributed by atoms with Gasteiger partial charge in [-0.3, -0.25) is 0 Å². The zero-order valence-electron chi connectivity index (χ0n) is 17.6. The molecular formula is C25H37Cl. The molecule has 0 radical (unpaired) electrons. The maximum Gasteiger partial charge on any atom is 0.0476 e. The first kappa shape index (κ1) is 22.8. The standard InChI is InChI=1S/C13H19Cl.C12H18/c1-4-10(3)12-7-6-11(5-2)13(8-12)9-14;1-4-10(2)11(3)12-8-6-5-7-9-12/h6-8,10H,4-5,9H2,1-3H3;5-11H,4H2,1-3H3. The van der Waals surface area contributed by atoms with Crippen LogP contribution in [0.1, 0.15) is 88.5 Å². The van der Waals surface area contributed by atoms with Crippen molar-refractivity contribution in [2.45, 2.75) is 78.5 Å². The minimum Gasteiger partial charge on any atom is -0.122 e. The highest BCUT2D eigenvalue weighted by Crippen LogP contribution is 2.25. The minimum absolute atomic E-state index is 0.632. The maximum atomic E-state index is 5.93. The zero-order chi connectivity index (χ0) is 19.5. The van der Waals surface area contributed by atoms with Gasteiger partial charge in [0.2, 0.25) is 0 Å². The summed E-state index contributed by atoms with van der Waals surface area (Å²) in [6.45, 7) is 13.5. The molecule has 0 aliphatic heterocycles. The van der Waals surface area contributed by atoms with Gasteiger partial charge in [0.05, 0.1) is 0 Å². The summed E-state index contributed by atoms with van der Waals surface area (Å²) in [4.78, 5) is 0. The summed E-state index contributed by atoms with van der Waals surface area (Å²) in [7, 11) is 0. The van der Waals surface area contributed by atoms with Crippen molar-refractivity contribution in [3.8, 4) is 0 Å². The Balaban J connectivity index is 0.000000263. The highest BCUT2D eigenvalue weighted by molar-refractivity contribution is 6.17. The smallest absolute Gasteiger partial charge is 0.0476 e. The summed E-state index contributed by atoms with van der Waals surface area (Å²) in [6, 6.07) is 17.5. The predicted octanol–water partition coefficient (Wildman–Crippen LogP) is 8.34. The third kappa shape index (κ3) is 6.80. The highest BCUT2D eigenvalue weighted by Gasteiger charge is 2.11. The molecule has 26 heavy (non-hydrogen) atoms. The van der Waals surface area contributed by atoms with Crippen LogP contribution in [0.25, 0.3) is 0 Å². The number of halogens is 1. The molecule has 2 rings (SSSR count). The number of rotatable bonds is 7. The van der Waals surface area contributed by atoms with E-state index in [1.807, 2.05) is 0 Å². The van der Waals surface area contributed by atoms with E-state index < -0.39 is 0 Å². The molecule has 0 heterocycles. The molecule has 2 aromatic carbocycles. The Hall–Kier alpha value is -1.27. The number of hydrogen-bond acceptors (Lipinski definition) is 0. The zero-order valence-corrected chi connectivity index (χ0v) is 18.3. The van der Waals surface area contributed by atoms with E-state index in [4.69, 9.17) is 11.6 Å². The molecule has 3 atom stereocenters. The average molecular weight is 373 g/mol. The highest BCUT2D eigenvalue weighted by atomic mass is 35.5. The third-order valence-electron chi connectivity index (χ3n) is 5.76. The summed E-state index contributed by atoms with van der Waals surface area (Å²) in [5, 5.41) is 0. The molecule has 0 amide bonds. The summed E-state index contributed by atoms with van der Waals surface area (Å²) in [5.41, 5.74) is 5.56. The average Bonchev–Trinajstić information content (AvgIpc) is 2.72. The molecule has 0 N–H and O–H groups in total. The molecule has 0 saturated carbocycles. The predicted molar refractivity (Wildman–Crippen MR) is 118 cm³/mol. The van der Waals surface area contributed by atoms with Crippen molar-refractivity contribution in [2.75, 3.05) is 0 Å². The lowest BCUT2D eigenvalue weighted by Crippen LogP contribution is -2.04. The van der Waals surface area contributed by atoms with E-state index in [1.165, 1.54) is 35.1 Å². The second-order valence-electron chi connectivity index (χ2n) is 7.41. The molecule has 0 aromatic heterocycles. The van der Waals surface area contributed by atoms with Crippen LogP contribution in [0, 0.1) is 5.92 Å². The number of alkyl halides is 1. The van der Waals surface area contributed by atoms with Gasteiger partial charge in [0, 0.05) is 5.88 Å². The monoisotopic (exact) mass is 372 g/mol. The fourth-order valence-electron chi connectivity index (χ4n) is 3.10. The van der Waals surface area contributed by atoms with Gasteiger partial charge in [0.1, 0.15) is 0 Å². The third-order valence-corrected chi connectivity index (χ3v) is 6.05. The van der Waals surface area contributed by atoms with Crippen LogP contribution in [0.5, 0.6) is 0 Å². The van der Waals surface area contributed by atoms with Gasteiger partial charge in [0.25, 0.3) is 0 Å². The maximum absolute atomic E-state index is 5.93. The van der Waals surface area contributed by atoms with Crippen LogP contribution in [0.15, 0.2) is 48.5 Å². The molecule has 0 saturated heterocycles. The van der Waals surface area contributed by atoms with Crippen molar-refractivity contribution < 1.29 is 0 Å². The molecule has 0 aliphatic rings. The molecule has 0 nitrogen and oxygen atoms in total. The lowest BCUT2D eigenvalue weighted by atomic mass is 9.87. The molecule has 144 valence electrons. The van der Waals surface area contributed by atoms with Crippen molar-refractivity contribution in [3.05, 3.63) is 70.8 Å². The van der Waals surface area contributed by atoms with Crippen molar-refractivity contribution in [1.82, 2.24) is 0 Å². The topological polar surface area (TPSA) is 0 Å². The van der Waals surface area contributed by atoms with Gasteiger partial charge in [0.15, 0.2) is 0 Å². The van der Waals surface area contributed by atoms with E-state index in [-0.39, 0.29) is 0 Å². The van der Waals surface area contributed by atoms with Crippen LogP contribution in [-0.2, 0) is 12.3 Å². The van der Waals surface area contributed by atoms with Crippen molar-refractivity contribution in [3.63, 3.8) is 0 Å². The minimum atomic E-state index is 0.632. The van der Waals surface area contributed by atoms with E-state index in [2.05, 4.69) is 90.1 Å². The summed E-state index contributed by atoms with van der Waals surface area (Å²) in [5.74, 6) is 2.75. The summed E-state index contributed by atoms with van der Waals surface area (Å²) >= 11 is 5.93. The Morgan fingerprint density at radius 2 is 1.42 bits per heavy atom. The molecular weight excluding hydrogens is 336 g/mol. The van der Waals surface area contributed by atoms with Crippen molar-refractivity contribution in [2.24, 2.45) is 5.92 Å². The molecule has 0 aliphatic carbocycles. The van der Waals surface area contributed by atoms with E-state index in [0.29, 0.717) is 17.7 Å². The first-order chi connectivity index (χ1) is 12.5. The van der Waals surface area contributed by atoms with Gasteiger partial charge in [-0.2, -0.15) is 0 Å². The van der Waals surface area contributed by atoms with Gasteiger partial charge in [-0.05, 0) is 52.8 Å². The Bertz CT molecular complexity index is 617. The van der Waals surface area contributed by atoms with Gasteiger partial charge in [-0.25, -0.2) is 0 Å². The Morgan fingerprint density at radius 3 is 1.92 bits per heavy atom. The lowest BCUT2D eigenvalue weighted by molar-refractivity contribution is 0.473. The van der Waals surface area contributed by atoms with Crippen molar-refractivity contribution >= 4 is 11.6 Å². The molecule has 1 heteroatoms. The van der Waals surface area contributed by atoms with Crippen LogP contribution in [0.4, 0.5) is 0 Å². The molecule has 3 unspecified atom stereocenters. The van der Waals surface area contributed by atoms with Gasteiger partial charge < -0.3 is 0 Å². The van der Waals surface area contributed by atoms with Gasteiger partial charge >= 0.3 is 0 Å². The summed E-state index contributed by atoms with van der Waals surface area (Å²) < 4.78 is 0. The number of benzene rings is 2. The molecule has 0 bridgehead atoms. The van der Waals surface area contributed by atoms with Crippen LogP contribution < -0.4 is 0 Å². The Kier molecular flexibility index (Phi) is 10.7. The molecule has 2 aromatic rings. The van der Waals surface area contributed by atoms with E-state index >= 15 is 0 Å². The van der Waals surface area contributed by atoms with Crippen LogP contribution >= 0.6 is 11.6 Å². The summed E-state index contributed by atoms with van der Waals surface area (Å²) in [6.07, 6.45) is 3.52. The first-order valence-electron chi connectivity index (χ1n) is 10.2. The quantitative estimate of drug-likeness (QED) is 0.428. The first-order valence-corrected chi connectivity index (χ1v) is 10.7. The van der Waals surface area contributed by atoms with Crippen LogP contribution in [0.3, 0.4) is 0 Å². The van der Waals surface area contributed by atoms with E-state index in [0.717, 1.165) is 12.3 Å². The normalized spacial score (nSPS) is 14.1. The Labute approximate surface area is 167 Å². The fourth-order valence-corrected chi connectivity index (χ4v) is 3.34. The van der Waals surface area contributed by atoms with Crippen LogP contribution in [0.2, 0.25) is 0 Å². The molecule has 0 spiro atoms. The van der Waals surface area contributed by atoms with Gasteiger partial charge in [-0.1, -0.05) is 96.5 Å². The van der Waals surface area contributed by atoms with Crippen LogP contribution in [-0.4, -0.2) is 0 Å². The fraction of sp³-hybridized carbons (Fsp3) is 0.520. The number of aryl methyl sites for hydroxylation is 1. The largest absolute Gasteiger partial charge is 0.122 e. The number of hydrogen-bond donors (Lipinski definition) is 0. The van der Waals surface area contributed by atoms with Crippen molar-refractivity contribution in [1.29, 1.82) is 0 Å². The Morgan fingerprint density at radius 1 is 0.769 bits per heavy atom.